The first-order valence-electron chi connectivity index (χ1n) is 7.92. The highest BCUT2D eigenvalue weighted by Gasteiger charge is 2.20. The van der Waals surface area contributed by atoms with E-state index in [2.05, 4.69) is 46.6 Å². The number of likely N-dealkylation sites (tertiary alicyclic amines) is 1. The number of benzene rings is 1. The highest BCUT2D eigenvalue weighted by atomic mass is 15.2. The molecule has 110 valence electrons. The Morgan fingerprint density at radius 1 is 1.30 bits per heavy atom. The molecule has 0 N–H and O–H groups in total. The molecule has 1 aromatic heterocycles. The molecule has 1 unspecified atom stereocenters. The van der Waals surface area contributed by atoms with Gasteiger partial charge in [0.25, 0.3) is 0 Å². The van der Waals surface area contributed by atoms with Crippen molar-refractivity contribution in [1.82, 2.24) is 14.5 Å². The second kappa shape index (κ2) is 6.89. The third kappa shape index (κ3) is 3.04. The Morgan fingerprint density at radius 2 is 2.10 bits per heavy atom. The molecule has 20 heavy (non-hydrogen) atoms. The van der Waals surface area contributed by atoms with Gasteiger partial charge < -0.3 is 9.47 Å². The van der Waals surface area contributed by atoms with Crippen LogP contribution in [0.5, 0.6) is 0 Å². The Bertz CT molecular complexity index is 544. The monoisotopic (exact) mass is 273 g/mol. The Balaban J connectivity index is 0.000000704. The minimum absolute atomic E-state index is 0.584. The van der Waals surface area contributed by atoms with Gasteiger partial charge in [-0.25, -0.2) is 4.98 Å². The fourth-order valence-electron chi connectivity index (χ4n) is 2.95. The van der Waals surface area contributed by atoms with Crippen molar-refractivity contribution in [3.63, 3.8) is 0 Å². The average Bonchev–Trinajstić information content (AvgIpc) is 2.92. The summed E-state index contributed by atoms with van der Waals surface area (Å²) in [6.45, 7) is 8.57. The highest BCUT2D eigenvalue weighted by Crippen LogP contribution is 2.25. The van der Waals surface area contributed by atoms with Crippen molar-refractivity contribution in [3.8, 4) is 0 Å². The van der Waals surface area contributed by atoms with E-state index in [9.17, 15) is 0 Å². The molecule has 2 heterocycles. The van der Waals surface area contributed by atoms with E-state index < -0.39 is 0 Å². The van der Waals surface area contributed by atoms with Gasteiger partial charge in [0.2, 0.25) is 0 Å². The normalized spacial score (nSPS) is 19.7. The van der Waals surface area contributed by atoms with Crippen LogP contribution in [0.25, 0.3) is 11.0 Å². The average molecular weight is 273 g/mol. The van der Waals surface area contributed by atoms with Crippen LogP contribution >= 0.6 is 0 Å². The number of aromatic nitrogens is 2. The summed E-state index contributed by atoms with van der Waals surface area (Å²) in [5.74, 6) is 0. The molecule has 0 aliphatic carbocycles. The van der Waals surface area contributed by atoms with Crippen LogP contribution in [-0.2, 0) is 6.42 Å². The second-order valence-electron chi connectivity index (χ2n) is 5.39. The number of rotatable bonds is 2. The molecule has 1 saturated heterocycles. The lowest BCUT2D eigenvalue weighted by atomic mass is 10.1. The fraction of sp³-hybridized carbons (Fsp3) is 0.588. The van der Waals surface area contributed by atoms with Gasteiger partial charge in [-0.2, -0.15) is 0 Å². The summed E-state index contributed by atoms with van der Waals surface area (Å²) in [7, 11) is 2.21. The van der Waals surface area contributed by atoms with Crippen molar-refractivity contribution < 1.29 is 0 Å². The summed E-state index contributed by atoms with van der Waals surface area (Å²) in [6.07, 6.45) is 5.67. The van der Waals surface area contributed by atoms with Gasteiger partial charge >= 0.3 is 0 Å². The molecule has 1 aliphatic heterocycles. The summed E-state index contributed by atoms with van der Waals surface area (Å²) >= 11 is 0. The van der Waals surface area contributed by atoms with Crippen LogP contribution in [-0.4, -0.2) is 34.6 Å². The van der Waals surface area contributed by atoms with Crippen LogP contribution in [0.1, 0.15) is 45.2 Å². The minimum Gasteiger partial charge on any atom is -0.326 e. The van der Waals surface area contributed by atoms with Crippen molar-refractivity contribution in [1.29, 1.82) is 0 Å². The molecule has 1 aromatic carbocycles. The number of likely N-dealkylation sites (N-methyl/N-ethyl adjacent to an activating group) is 1. The van der Waals surface area contributed by atoms with E-state index in [4.69, 9.17) is 0 Å². The first-order chi connectivity index (χ1) is 9.78. The Hall–Kier alpha value is -1.35. The quantitative estimate of drug-likeness (QED) is 0.827. The Labute approximate surface area is 122 Å². The molecule has 3 heteroatoms. The maximum Gasteiger partial charge on any atom is 0.0961 e. The smallest absolute Gasteiger partial charge is 0.0961 e. The maximum absolute atomic E-state index is 4.54. The van der Waals surface area contributed by atoms with Gasteiger partial charge in [0.05, 0.1) is 17.4 Å². The van der Waals surface area contributed by atoms with Crippen LogP contribution in [0.2, 0.25) is 0 Å². The van der Waals surface area contributed by atoms with Gasteiger partial charge in [0.1, 0.15) is 0 Å². The number of aryl methyl sites for hydroxylation is 1. The SMILES string of the molecule is CC.CCc1ccc2ncn(C3CCCN(C)C3)c2c1. The van der Waals surface area contributed by atoms with Gasteiger partial charge in [-0.3, -0.25) is 0 Å². The zero-order chi connectivity index (χ0) is 14.5. The minimum atomic E-state index is 0.584. The van der Waals surface area contributed by atoms with Crippen LogP contribution < -0.4 is 0 Å². The van der Waals surface area contributed by atoms with E-state index in [1.165, 1.54) is 30.5 Å². The van der Waals surface area contributed by atoms with Crippen molar-refractivity contribution >= 4 is 11.0 Å². The van der Waals surface area contributed by atoms with Gasteiger partial charge in [0.15, 0.2) is 0 Å². The number of hydrogen-bond acceptors (Lipinski definition) is 2. The lowest BCUT2D eigenvalue weighted by Crippen LogP contribution is -2.33. The van der Waals surface area contributed by atoms with Crippen molar-refractivity contribution in [2.45, 2.75) is 46.1 Å². The molecule has 0 amide bonds. The molecular weight excluding hydrogens is 246 g/mol. The molecule has 2 aromatic rings. The molecule has 0 spiro atoms. The topological polar surface area (TPSA) is 21.1 Å². The van der Waals surface area contributed by atoms with Gasteiger partial charge in [0, 0.05) is 12.6 Å². The summed E-state index contributed by atoms with van der Waals surface area (Å²) < 4.78 is 2.38. The number of piperidine rings is 1. The molecule has 1 aliphatic rings. The molecule has 0 saturated carbocycles. The Morgan fingerprint density at radius 3 is 2.80 bits per heavy atom. The largest absolute Gasteiger partial charge is 0.326 e. The summed E-state index contributed by atoms with van der Waals surface area (Å²) in [6, 6.07) is 7.22. The van der Waals surface area contributed by atoms with Gasteiger partial charge in [-0.05, 0) is 50.6 Å². The fourth-order valence-corrected chi connectivity index (χ4v) is 2.95. The van der Waals surface area contributed by atoms with Crippen LogP contribution in [0, 0.1) is 0 Å². The number of nitrogens with zero attached hydrogens (tertiary/aromatic N) is 3. The second-order valence-corrected chi connectivity index (χ2v) is 5.39. The molecule has 3 nitrogen and oxygen atoms in total. The van der Waals surface area contributed by atoms with E-state index >= 15 is 0 Å². The molecular formula is C17H27N3. The van der Waals surface area contributed by atoms with Crippen LogP contribution in [0.15, 0.2) is 24.5 Å². The lowest BCUT2D eigenvalue weighted by Gasteiger charge is -2.30. The van der Waals surface area contributed by atoms with E-state index in [1.807, 2.05) is 20.2 Å². The highest BCUT2D eigenvalue weighted by molar-refractivity contribution is 5.76. The predicted octanol–water partition coefficient (Wildman–Crippen LogP) is 3.89. The van der Waals surface area contributed by atoms with Gasteiger partial charge in [-0.15, -0.1) is 0 Å². The zero-order valence-corrected chi connectivity index (χ0v) is 13.3. The number of hydrogen-bond donors (Lipinski definition) is 0. The van der Waals surface area contributed by atoms with E-state index in [1.54, 1.807) is 0 Å². The van der Waals surface area contributed by atoms with Gasteiger partial charge in [-0.1, -0.05) is 26.8 Å². The maximum atomic E-state index is 4.54. The number of imidazole rings is 1. The van der Waals surface area contributed by atoms with E-state index in [-0.39, 0.29) is 0 Å². The van der Waals surface area contributed by atoms with Crippen LogP contribution in [0.4, 0.5) is 0 Å². The molecule has 3 rings (SSSR count). The van der Waals surface area contributed by atoms with E-state index in [0.29, 0.717) is 6.04 Å². The number of fused-ring (bicyclic) bond motifs is 1. The standard InChI is InChI=1S/C15H21N3.C2H6/c1-3-12-6-7-14-15(9-12)18(11-16-14)13-5-4-8-17(2)10-13;1-2/h6-7,9,11,13H,3-5,8,10H2,1-2H3;1-2H3. The molecule has 0 radical (unpaired) electrons. The third-order valence-electron chi connectivity index (χ3n) is 4.04. The summed E-state index contributed by atoms with van der Waals surface area (Å²) in [4.78, 5) is 6.96. The summed E-state index contributed by atoms with van der Waals surface area (Å²) in [5.41, 5.74) is 3.82. The first kappa shape index (κ1) is 15.0. The lowest BCUT2D eigenvalue weighted by molar-refractivity contribution is 0.214. The zero-order valence-electron chi connectivity index (χ0n) is 13.3. The predicted molar refractivity (Wildman–Crippen MR) is 86.2 cm³/mol. The van der Waals surface area contributed by atoms with E-state index in [0.717, 1.165) is 18.5 Å². The molecule has 1 fully saturated rings. The first-order valence-corrected chi connectivity index (χ1v) is 7.92. The van der Waals surface area contributed by atoms with Crippen LogP contribution in [0.3, 0.4) is 0 Å². The molecule has 0 bridgehead atoms. The molecule has 1 atom stereocenters. The van der Waals surface area contributed by atoms with Crippen molar-refractivity contribution in [2.24, 2.45) is 0 Å². The Kier molecular flexibility index (Phi) is 5.18. The van der Waals surface area contributed by atoms with Crippen molar-refractivity contribution in [2.75, 3.05) is 20.1 Å². The summed E-state index contributed by atoms with van der Waals surface area (Å²) in [5, 5.41) is 0. The van der Waals surface area contributed by atoms with Crippen molar-refractivity contribution in [3.05, 3.63) is 30.1 Å². The third-order valence-corrected chi connectivity index (χ3v) is 4.04.